The van der Waals surface area contributed by atoms with E-state index in [0.717, 1.165) is 6.07 Å². The molecule has 0 amide bonds. The first-order valence-electron chi connectivity index (χ1n) is 10.2. The minimum Gasteiger partial charge on any atom is -0.507 e. The molecule has 0 spiro atoms. The lowest BCUT2D eigenvalue weighted by Crippen LogP contribution is -2.45. The number of phosphoric acid groups is 1. The molecule has 1 aliphatic rings. The van der Waals surface area contributed by atoms with Crippen molar-refractivity contribution in [2.45, 2.75) is 17.8 Å². The Morgan fingerprint density at radius 2 is 1.88 bits per heavy atom. The lowest BCUT2D eigenvalue weighted by molar-refractivity contribution is 0.0550. The highest BCUT2D eigenvalue weighted by atomic mass is 35.5. The summed E-state index contributed by atoms with van der Waals surface area (Å²) in [4.78, 5) is 33.8. The van der Waals surface area contributed by atoms with E-state index in [9.17, 15) is 29.4 Å². The highest BCUT2D eigenvalue weighted by Crippen LogP contribution is 2.50. The van der Waals surface area contributed by atoms with Crippen molar-refractivity contribution in [3.63, 3.8) is 0 Å². The van der Waals surface area contributed by atoms with Crippen LogP contribution < -0.4 is 5.43 Å². The van der Waals surface area contributed by atoms with Crippen LogP contribution in [0.15, 0.2) is 45.6 Å². The van der Waals surface area contributed by atoms with Crippen molar-refractivity contribution >= 4 is 38.2 Å². The number of hydrogen-bond donors (Lipinski definition) is 4. The van der Waals surface area contributed by atoms with Crippen LogP contribution in [0.3, 0.4) is 0 Å². The Labute approximate surface area is 194 Å². The van der Waals surface area contributed by atoms with Gasteiger partial charge >= 0.3 is 7.82 Å². The summed E-state index contributed by atoms with van der Waals surface area (Å²) in [5, 5.41) is 21.4. The van der Waals surface area contributed by atoms with E-state index in [0.29, 0.717) is 17.1 Å². The molecule has 2 heterocycles. The maximum absolute atomic E-state index is 13.0. The lowest BCUT2D eigenvalue weighted by Gasteiger charge is -2.41. The van der Waals surface area contributed by atoms with Gasteiger partial charge in [-0.2, -0.15) is 0 Å². The van der Waals surface area contributed by atoms with Gasteiger partial charge in [0.05, 0.1) is 11.1 Å². The first-order chi connectivity index (χ1) is 15.5. The Hall–Kier alpha value is -2.33. The van der Waals surface area contributed by atoms with Crippen molar-refractivity contribution in [3.05, 3.63) is 57.2 Å². The molecule has 3 unspecified atom stereocenters. The number of phosphoric ester groups is 1. The number of phenolic OH excluding ortho intramolecular Hbond substituents is 2. The molecule has 9 nitrogen and oxygen atoms in total. The third-order valence-electron chi connectivity index (χ3n) is 5.85. The summed E-state index contributed by atoms with van der Waals surface area (Å²) in [6.07, 6.45) is -1.02. The van der Waals surface area contributed by atoms with E-state index >= 15 is 0 Å². The number of likely N-dealkylation sites (N-methyl/N-ethyl adjacent to an activating group) is 1. The molecule has 1 aliphatic heterocycles. The molecule has 12 heteroatoms. The van der Waals surface area contributed by atoms with Crippen LogP contribution in [0.2, 0.25) is 10.8 Å². The van der Waals surface area contributed by atoms with E-state index in [4.69, 9.17) is 20.5 Å². The third kappa shape index (κ3) is 4.68. The van der Waals surface area contributed by atoms with Crippen molar-refractivity contribution in [2.24, 2.45) is 0 Å². The summed E-state index contributed by atoms with van der Waals surface area (Å²) in [6.45, 7) is 0.693. The molecule has 0 saturated carbocycles. The van der Waals surface area contributed by atoms with E-state index in [1.165, 1.54) is 6.07 Å². The molecule has 1 fully saturated rings. The second-order valence-corrected chi connectivity index (χ2v) is 9.95. The molecule has 33 heavy (non-hydrogen) atoms. The van der Waals surface area contributed by atoms with Crippen LogP contribution in [0, 0.1) is 0 Å². The fourth-order valence-electron chi connectivity index (χ4n) is 4.65. The number of rotatable bonds is 4. The van der Waals surface area contributed by atoms with Gasteiger partial charge in [0, 0.05) is 35.7 Å². The molecule has 1 saturated heterocycles. The number of benzene rings is 2. The van der Waals surface area contributed by atoms with E-state index in [-0.39, 0.29) is 40.4 Å². The van der Waals surface area contributed by atoms with Crippen molar-refractivity contribution in [2.75, 3.05) is 20.1 Å². The number of hydrogen-bond acceptors (Lipinski definition) is 7. The molecule has 1 aromatic heterocycles. The molecule has 0 bridgehead atoms. The van der Waals surface area contributed by atoms with Crippen LogP contribution >= 0.6 is 19.4 Å². The second-order valence-electron chi connectivity index (χ2n) is 8.35. The molecule has 2 aromatic carbocycles. The monoisotopic (exact) mass is 493 g/mol. The van der Waals surface area contributed by atoms with E-state index < -0.39 is 31.0 Å². The SMILES string of the molecule is BC1CN(C)CC(OP(=O)(O)O)C1c1c(O)cc(O)c2c(=O)cc(-c3ccccc3Cl)oc12. The zero-order valence-electron chi connectivity index (χ0n) is 17.8. The van der Waals surface area contributed by atoms with E-state index in [1.807, 2.05) is 12.7 Å². The molecule has 174 valence electrons. The molecular formula is C21H22BClNO8P. The number of fused-ring (bicyclic) bond motifs is 1. The van der Waals surface area contributed by atoms with Gasteiger partial charge in [-0.3, -0.25) is 9.32 Å². The van der Waals surface area contributed by atoms with E-state index in [1.54, 1.807) is 31.3 Å². The van der Waals surface area contributed by atoms with Crippen molar-refractivity contribution in [3.8, 4) is 22.8 Å². The van der Waals surface area contributed by atoms with Gasteiger partial charge in [-0.05, 0) is 31.5 Å². The Kier molecular flexibility index (Phi) is 6.35. The van der Waals surface area contributed by atoms with Gasteiger partial charge in [0.1, 0.15) is 36.1 Å². The van der Waals surface area contributed by atoms with Crippen LogP contribution in [-0.2, 0) is 9.09 Å². The summed E-state index contributed by atoms with van der Waals surface area (Å²) < 4.78 is 22.8. The van der Waals surface area contributed by atoms with Crippen LogP contribution in [0.25, 0.3) is 22.3 Å². The van der Waals surface area contributed by atoms with Gasteiger partial charge in [-0.25, -0.2) is 4.57 Å². The molecule has 0 radical (unpaired) electrons. The fraction of sp³-hybridized carbons (Fsp3) is 0.286. The Bertz CT molecular complexity index is 1330. The average molecular weight is 494 g/mol. The highest BCUT2D eigenvalue weighted by molar-refractivity contribution is 7.46. The Morgan fingerprint density at radius 1 is 1.18 bits per heavy atom. The van der Waals surface area contributed by atoms with Crippen LogP contribution in [0.4, 0.5) is 0 Å². The number of piperidine rings is 1. The topological polar surface area (TPSA) is 141 Å². The Morgan fingerprint density at radius 3 is 2.55 bits per heavy atom. The highest BCUT2D eigenvalue weighted by Gasteiger charge is 2.41. The van der Waals surface area contributed by atoms with Crippen molar-refractivity contribution in [1.82, 2.24) is 4.90 Å². The van der Waals surface area contributed by atoms with Crippen molar-refractivity contribution < 1.29 is 33.5 Å². The van der Waals surface area contributed by atoms with E-state index in [2.05, 4.69) is 0 Å². The van der Waals surface area contributed by atoms with Crippen LogP contribution in [0.5, 0.6) is 11.5 Å². The van der Waals surface area contributed by atoms with Gasteiger partial charge < -0.3 is 29.3 Å². The van der Waals surface area contributed by atoms with Gasteiger partial charge in [0.25, 0.3) is 0 Å². The largest absolute Gasteiger partial charge is 0.507 e. The zero-order valence-corrected chi connectivity index (χ0v) is 19.5. The van der Waals surface area contributed by atoms with Crippen molar-refractivity contribution in [1.29, 1.82) is 0 Å². The number of aromatic hydroxyl groups is 2. The molecule has 3 atom stereocenters. The molecule has 4 N–H and O–H groups in total. The van der Waals surface area contributed by atoms with Gasteiger partial charge in [0.2, 0.25) is 0 Å². The molecule has 0 aliphatic carbocycles. The number of halogens is 1. The van der Waals surface area contributed by atoms with Gasteiger partial charge in [-0.1, -0.05) is 23.7 Å². The summed E-state index contributed by atoms with van der Waals surface area (Å²) in [6, 6.07) is 8.96. The number of likely N-dealkylation sites (tertiary alicyclic amines) is 1. The predicted molar refractivity (Wildman–Crippen MR) is 126 cm³/mol. The molecule has 4 rings (SSSR count). The van der Waals surface area contributed by atoms with Gasteiger partial charge in [-0.15, -0.1) is 0 Å². The predicted octanol–water partition coefficient (Wildman–Crippen LogP) is 2.45. The van der Waals surface area contributed by atoms with Gasteiger partial charge in [0.15, 0.2) is 5.43 Å². The fourth-order valence-corrected chi connectivity index (χ4v) is 5.43. The van der Waals surface area contributed by atoms with Crippen LogP contribution in [-0.4, -0.2) is 59.0 Å². The maximum atomic E-state index is 13.0. The summed E-state index contributed by atoms with van der Waals surface area (Å²) >= 11 is 6.28. The molecular weight excluding hydrogens is 471 g/mol. The Balaban J connectivity index is 2.01. The third-order valence-corrected chi connectivity index (χ3v) is 6.72. The standard InChI is InChI=1S/C21H22BClNO8P/c1-24-8-11(22)18(17(9-24)32-33(28,29)30)20-14(26)6-13(25)19-15(27)7-16(31-21(19)20)10-4-2-3-5-12(10)23/h2-7,11,17-18,25-26H,8-9,22H2,1H3,(H2,28,29,30). The first-order valence-corrected chi connectivity index (χ1v) is 12.1. The van der Waals surface area contributed by atoms with Crippen LogP contribution in [0.1, 0.15) is 11.5 Å². The summed E-state index contributed by atoms with van der Waals surface area (Å²) in [7, 11) is -1.25. The summed E-state index contributed by atoms with van der Waals surface area (Å²) in [5.74, 6) is -1.73. The lowest BCUT2D eigenvalue weighted by atomic mass is 9.68. The second kappa shape index (κ2) is 8.79. The average Bonchev–Trinajstić information content (AvgIpc) is 2.68. The molecule has 3 aromatic rings. The minimum atomic E-state index is -4.87. The number of phenols is 2. The smallest absolute Gasteiger partial charge is 0.469 e. The summed E-state index contributed by atoms with van der Waals surface area (Å²) in [5.41, 5.74) is -0.0761. The maximum Gasteiger partial charge on any atom is 0.469 e. The minimum absolute atomic E-state index is 0.0874. The first kappa shape index (κ1) is 23.8. The number of nitrogens with zero attached hydrogens (tertiary/aromatic N) is 1. The zero-order chi connectivity index (χ0) is 24.1. The quantitative estimate of drug-likeness (QED) is 0.318. The normalized spacial score (nSPS) is 22.0.